The molecule has 1 atom stereocenters. The van der Waals surface area contributed by atoms with E-state index in [0.29, 0.717) is 11.3 Å². The minimum atomic E-state index is -0.892. The lowest BCUT2D eigenvalue weighted by Gasteiger charge is -2.15. The maximum absolute atomic E-state index is 11.8. The number of benzene rings is 1. The van der Waals surface area contributed by atoms with Gasteiger partial charge in [0.25, 0.3) is 0 Å². The van der Waals surface area contributed by atoms with Crippen molar-refractivity contribution in [2.24, 2.45) is 0 Å². The molecule has 0 saturated carbocycles. The number of carbonyl (C=O) groups is 2. The van der Waals surface area contributed by atoms with Gasteiger partial charge in [-0.2, -0.15) is 0 Å². The Morgan fingerprint density at radius 2 is 1.88 bits per heavy atom. The highest BCUT2D eigenvalue weighted by Gasteiger charge is 2.16. The summed E-state index contributed by atoms with van der Waals surface area (Å²) in [5.41, 5.74) is 2.09. The van der Waals surface area contributed by atoms with Gasteiger partial charge in [-0.1, -0.05) is 12.1 Å². The fourth-order valence-electron chi connectivity index (χ4n) is 2.01. The summed E-state index contributed by atoms with van der Waals surface area (Å²) in [6.07, 6.45) is 2.11. The zero-order valence-corrected chi connectivity index (χ0v) is 13.6. The minimum absolute atomic E-state index is 0.0550. The maximum Gasteiger partial charge on any atom is 0.313 e. The van der Waals surface area contributed by atoms with Crippen LogP contribution in [0.4, 0.5) is 11.4 Å². The van der Waals surface area contributed by atoms with Gasteiger partial charge in [0.15, 0.2) is 0 Å². The first-order valence-electron chi connectivity index (χ1n) is 7.42. The van der Waals surface area contributed by atoms with Gasteiger partial charge in [-0.05, 0) is 29.8 Å². The molecule has 3 N–H and O–H groups in total. The van der Waals surface area contributed by atoms with Gasteiger partial charge in [-0.3, -0.25) is 14.6 Å². The van der Waals surface area contributed by atoms with Crippen LogP contribution < -0.4 is 15.5 Å². The standard InChI is InChI=1S/C17H20N4O3/c1-21(2)14-7-5-12(6-8-14)15(22)11-19-16(23)17(24)20-13-4-3-9-18-10-13/h3-10,15,22H,11H2,1-2H3,(H,19,23)(H,20,24)/t15-/m1/s1. The number of rotatable bonds is 5. The molecule has 2 amide bonds. The summed E-state index contributed by atoms with van der Waals surface area (Å²) in [4.78, 5) is 29.3. The van der Waals surface area contributed by atoms with Crippen LogP contribution in [-0.4, -0.2) is 42.5 Å². The molecular weight excluding hydrogens is 308 g/mol. The second kappa shape index (κ2) is 8.07. The second-order valence-corrected chi connectivity index (χ2v) is 5.41. The monoisotopic (exact) mass is 328 g/mol. The number of carbonyl (C=O) groups excluding carboxylic acids is 2. The van der Waals surface area contributed by atoms with Crippen molar-refractivity contribution < 1.29 is 14.7 Å². The number of aliphatic hydroxyl groups is 1. The maximum atomic E-state index is 11.8. The molecule has 0 saturated heterocycles. The van der Waals surface area contributed by atoms with E-state index >= 15 is 0 Å². The minimum Gasteiger partial charge on any atom is -0.387 e. The van der Waals surface area contributed by atoms with Gasteiger partial charge in [0.2, 0.25) is 0 Å². The summed E-state index contributed by atoms with van der Waals surface area (Å²) >= 11 is 0. The van der Waals surface area contributed by atoms with Crippen LogP contribution in [0.3, 0.4) is 0 Å². The van der Waals surface area contributed by atoms with Crippen molar-refractivity contribution in [3.05, 3.63) is 54.4 Å². The van der Waals surface area contributed by atoms with Crippen molar-refractivity contribution in [1.29, 1.82) is 0 Å². The Bertz CT molecular complexity index is 687. The van der Waals surface area contributed by atoms with Crippen LogP contribution in [0, 0.1) is 0 Å². The molecule has 0 radical (unpaired) electrons. The molecule has 2 rings (SSSR count). The lowest BCUT2D eigenvalue weighted by Crippen LogP contribution is -2.37. The van der Waals surface area contributed by atoms with Crippen molar-refractivity contribution >= 4 is 23.2 Å². The highest BCUT2D eigenvalue weighted by Crippen LogP contribution is 2.17. The Labute approximate surface area is 140 Å². The molecule has 0 bridgehead atoms. The van der Waals surface area contributed by atoms with E-state index in [9.17, 15) is 14.7 Å². The number of hydrogen-bond donors (Lipinski definition) is 3. The Balaban J connectivity index is 1.85. The predicted octanol–water partition coefficient (Wildman–Crippen LogP) is 0.936. The molecule has 0 fully saturated rings. The smallest absolute Gasteiger partial charge is 0.313 e. The topological polar surface area (TPSA) is 94.6 Å². The van der Waals surface area contributed by atoms with E-state index in [4.69, 9.17) is 0 Å². The number of anilines is 2. The summed E-state index contributed by atoms with van der Waals surface area (Å²) < 4.78 is 0. The molecule has 0 aliphatic carbocycles. The third-order valence-electron chi connectivity index (χ3n) is 3.38. The van der Waals surface area contributed by atoms with Crippen LogP contribution >= 0.6 is 0 Å². The number of nitrogens with one attached hydrogen (secondary N) is 2. The molecule has 0 unspecified atom stereocenters. The van der Waals surface area contributed by atoms with E-state index in [-0.39, 0.29) is 6.54 Å². The molecule has 0 aliphatic rings. The SMILES string of the molecule is CN(C)c1ccc([C@H](O)CNC(=O)C(=O)Nc2cccnc2)cc1. The van der Waals surface area contributed by atoms with E-state index in [1.807, 2.05) is 31.1 Å². The Morgan fingerprint density at radius 1 is 1.17 bits per heavy atom. The predicted molar refractivity (Wildman–Crippen MR) is 91.6 cm³/mol. The molecule has 126 valence electrons. The lowest BCUT2D eigenvalue weighted by molar-refractivity contribution is -0.136. The first-order chi connectivity index (χ1) is 11.5. The van der Waals surface area contributed by atoms with Gasteiger partial charge < -0.3 is 20.6 Å². The number of aromatic nitrogens is 1. The summed E-state index contributed by atoms with van der Waals surface area (Å²) in [5, 5.41) is 14.9. The van der Waals surface area contributed by atoms with Gasteiger partial charge in [0.05, 0.1) is 18.0 Å². The number of nitrogens with zero attached hydrogens (tertiary/aromatic N) is 2. The molecule has 1 aromatic heterocycles. The molecule has 0 spiro atoms. The number of amides is 2. The van der Waals surface area contributed by atoms with E-state index in [0.717, 1.165) is 5.69 Å². The molecule has 7 nitrogen and oxygen atoms in total. The largest absolute Gasteiger partial charge is 0.387 e. The van der Waals surface area contributed by atoms with Crippen molar-refractivity contribution in [2.45, 2.75) is 6.10 Å². The van der Waals surface area contributed by atoms with E-state index in [1.165, 1.54) is 6.20 Å². The molecule has 0 aliphatic heterocycles. The van der Waals surface area contributed by atoms with Crippen LogP contribution in [0.5, 0.6) is 0 Å². The molecule has 1 aromatic carbocycles. The van der Waals surface area contributed by atoms with E-state index in [2.05, 4.69) is 15.6 Å². The number of aliphatic hydroxyl groups excluding tert-OH is 1. The van der Waals surface area contributed by atoms with Gasteiger partial charge >= 0.3 is 11.8 Å². The van der Waals surface area contributed by atoms with E-state index < -0.39 is 17.9 Å². The summed E-state index contributed by atoms with van der Waals surface area (Å²) in [5.74, 6) is -1.62. The van der Waals surface area contributed by atoms with Gasteiger partial charge in [-0.15, -0.1) is 0 Å². The first kappa shape index (κ1) is 17.4. The van der Waals surface area contributed by atoms with Gasteiger partial charge in [0.1, 0.15) is 0 Å². The molecule has 2 aromatic rings. The zero-order valence-electron chi connectivity index (χ0n) is 13.6. The first-order valence-corrected chi connectivity index (χ1v) is 7.42. The van der Waals surface area contributed by atoms with Crippen LogP contribution in [-0.2, 0) is 9.59 Å². The number of pyridine rings is 1. The Kier molecular flexibility index (Phi) is 5.86. The van der Waals surface area contributed by atoms with E-state index in [1.54, 1.807) is 30.5 Å². The molecular formula is C17H20N4O3. The zero-order chi connectivity index (χ0) is 17.5. The highest BCUT2D eigenvalue weighted by atomic mass is 16.3. The Morgan fingerprint density at radius 3 is 2.46 bits per heavy atom. The highest BCUT2D eigenvalue weighted by molar-refractivity contribution is 6.39. The number of hydrogen-bond acceptors (Lipinski definition) is 5. The molecule has 1 heterocycles. The summed E-state index contributed by atoms with van der Waals surface area (Å²) in [6, 6.07) is 10.6. The summed E-state index contributed by atoms with van der Waals surface area (Å²) in [7, 11) is 3.85. The normalized spacial score (nSPS) is 11.5. The van der Waals surface area contributed by atoms with Crippen LogP contribution in [0.2, 0.25) is 0 Å². The van der Waals surface area contributed by atoms with Crippen LogP contribution in [0.1, 0.15) is 11.7 Å². The van der Waals surface area contributed by atoms with Gasteiger partial charge in [-0.25, -0.2) is 0 Å². The molecule has 7 heteroatoms. The summed E-state index contributed by atoms with van der Waals surface area (Å²) in [6.45, 7) is -0.0550. The fourth-order valence-corrected chi connectivity index (χ4v) is 2.01. The third-order valence-corrected chi connectivity index (χ3v) is 3.38. The molecule has 24 heavy (non-hydrogen) atoms. The van der Waals surface area contributed by atoms with Crippen LogP contribution in [0.15, 0.2) is 48.8 Å². The average Bonchev–Trinajstić information content (AvgIpc) is 2.60. The van der Waals surface area contributed by atoms with Gasteiger partial charge in [0, 0.05) is 32.5 Å². The quantitative estimate of drug-likeness (QED) is 0.710. The van der Waals surface area contributed by atoms with Crippen molar-refractivity contribution in [2.75, 3.05) is 30.9 Å². The van der Waals surface area contributed by atoms with Crippen molar-refractivity contribution in [3.8, 4) is 0 Å². The van der Waals surface area contributed by atoms with Crippen LogP contribution in [0.25, 0.3) is 0 Å². The van der Waals surface area contributed by atoms with Crippen molar-refractivity contribution in [3.63, 3.8) is 0 Å². The lowest BCUT2D eigenvalue weighted by atomic mass is 10.1. The fraction of sp³-hybridized carbons (Fsp3) is 0.235. The average molecular weight is 328 g/mol. The third kappa shape index (κ3) is 4.79. The van der Waals surface area contributed by atoms with Crippen molar-refractivity contribution in [1.82, 2.24) is 10.3 Å². The Hall–Kier alpha value is -2.93. The second-order valence-electron chi connectivity index (χ2n) is 5.41.